The summed E-state index contributed by atoms with van der Waals surface area (Å²) in [5, 5.41) is 12.2. The van der Waals surface area contributed by atoms with Crippen LogP contribution in [0.4, 0.5) is 5.69 Å². The molecule has 2 aromatic carbocycles. The minimum Gasteiger partial charge on any atom is -0.455 e. The Morgan fingerprint density at radius 2 is 1.88 bits per heavy atom. The number of amides is 1. The van der Waals surface area contributed by atoms with E-state index in [-0.39, 0.29) is 18.6 Å². The maximum Gasteiger partial charge on any atom is 0.238 e. The Bertz CT molecular complexity index is 703. The van der Waals surface area contributed by atoms with Crippen LogP contribution in [0.1, 0.15) is 25.7 Å². The fraction of sp³-hybridized carbons (Fsp3) is 0.381. The second-order valence-corrected chi connectivity index (χ2v) is 6.59. The molecule has 138 valence electrons. The SMILES string of the molecule is O=C(CN1CCCCC1CCO)Nc1ccccc1Oc1ccccc1. The number of rotatable bonds is 7. The Morgan fingerprint density at radius 1 is 1.12 bits per heavy atom. The molecule has 1 atom stereocenters. The molecule has 5 heteroatoms. The van der Waals surface area contributed by atoms with Crippen molar-refractivity contribution in [3.8, 4) is 11.5 Å². The first-order valence-electron chi connectivity index (χ1n) is 9.23. The molecule has 0 aromatic heterocycles. The molecule has 1 heterocycles. The van der Waals surface area contributed by atoms with Gasteiger partial charge in [0.25, 0.3) is 0 Å². The maximum atomic E-state index is 12.6. The van der Waals surface area contributed by atoms with E-state index in [0.717, 1.165) is 38.0 Å². The zero-order chi connectivity index (χ0) is 18.2. The van der Waals surface area contributed by atoms with Crippen molar-refractivity contribution < 1.29 is 14.6 Å². The van der Waals surface area contributed by atoms with Gasteiger partial charge in [-0.05, 0) is 50.1 Å². The predicted octanol–water partition coefficient (Wildman–Crippen LogP) is 3.65. The van der Waals surface area contributed by atoms with Crippen LogP contribution in [0.5, 0.6) is 11.5 Å². The Morgan fingerprint density at radius 3 is 2.69 bits per heavy atom. The second-order valence-electron chi connectivity index (χ2n) is 6.59. The number of para-hydroxylation sites is 3. The van der Waals surface area contributed by atoms with Gasteiger partial charge in [-0.3, -0.25) is 9.69 Å². The summed E-state index contributed by atoms with van der Waals surface area (Å²) < 4.78 is 5.90. The minimum atomic E-state index is -0.0565. The number of ether oxygens (including phenoxy) is 1. The van der Waals surface area contributed by atoms with Crippen molar-refractivity contribution in [1.82, 2.24) is 4.90 Å². The largest absolute Gasteiger partial charge is 0.455 e. The van der Waals surface area contributed by atoms with E-state index in [1.54, 1.807) is 0 Å². The van der Waals surface area contributed by atoms with Crippen LogP contribution < -0.4 is 10.1 Å². The van der Waals surface area contributed by atoms with Crippen molar-refractivity contribution in [2.45, 2.75) is 31.7 Å². The van der Waals surface area contributed by atoms with Crippen molar-refractivity contribution in [2.75, 3.05) is 25.0 Å². The highest BCUT2D eigenvalue weighted by molar-refractivity contribution is 5.93. The molecule has 0 saturated carbocycles. The standard InChI is InChI=1S/C21H26N2O3/c24-15-13-17-8-6-7-14-23(17)16-21(25)22-19-11-4-5-12-20(19)26-18-9-2-1-3-10-18/h1-5,9-12,17,24H,6-8,13-16H2,(H,22,25). The molecule has 1 amide bonds. The summed E-state index contributed by atoms with van der Waals surface area (Å²) in [5.41, 5.74) is 0.664. The lowest BCUT2D eigenvalue weighted by Crippen LogP contribution is -2.44. The van der Waals surface area contributed by atoms with Gasteiger partial charge in [0, 0.05) is 12.6 Å². The van der Waals surface area contributed by atoms with Crippen LogP contribution in [0.25, 0.3) is 0 Å². The number of likely N-dealkylation sites (tertiary alicyclic amines) is 1. The number of carbonyl (C=O) groups is 1. The topological polar surface area (TPSA) is 61.8 Å². The van der Waals surface area contributed by atoms with Crippen LogP contribution in [0, 0.1) is 0 Å². The molecule has 26 heavy (non-hydrogen) atoms. The molecule has 0 aliphatic carbocycles. The third-order valence-electron chi connectivity index (χ3n) is 4.69. The number of aliphatic hydroxyl groups excluding tert-OH is 1. The number of hydrogen-bond acceptors (Lipinski definition) is 4. The Labute approximate surface area is 154 Å². The average Bonchev–Trinajstić information content (AvgIpc) is 2.66. The first kappa shape index (κ1) is 18.4. The molecule has 0 radical (unpaired) electrons. The highest BCUT2D eigenvalue weighted by Gasteiger charge is 2.24. The Kier molecular flexibility index (Phi) is 6.63. The Balaban J connectivity index is 1.64. The summed E-state index contributed by atoms with van der Waals surface area (Å²) in [6, 6.07) is 17.3. The van der Waals surface area contributed by atoms with E-state index in [9.17, 15) is 9.90 Å². The van der Waals surface area contributed by atoms with E-state index < -0.39 is 0 Å². The number of nitrogens with zero attached hydrogens (tertiary/aromatic N) is 1. The van der Waals surface area contributed by atoms with Crippen LogP contribution in [0.3, 0.4) is 0 Å². The van der Waals surface area contributed by atoms with Crippen LogP contribution in [0.2, 0.25) is 0 Å². The summed E-state index contributed by atoms with van der Waals surface area (Å²) in [4.78, 5) is 14.7. The lowest BCUT2D eigenvalue weighted by atomic mass is 9.99. The van der Waals surface area contributed by atoms with Crippen molar-refractivity contribution >= 4 is 11.6 Å². The molecule has 3 rings (SSSR count). The lowest BCUT2D eigenvalue weighted by molar-refractivity contribution is -0.118. The van der Waals surface area contributed by atoms with E-state index >= 15 is 0 Å². The molecule has 0 bridgehead atoms. The number of hydrogen-bond donors (Lipinski definition) is 2. The van der Waals surface area contributed by atoms with Gasteiger partial charge in [0.1, 0.15) is 5.75 Å². The number of aliphatic hydroxyl groups is 1. The quantitative estimate of drug-likeness (QED) is 0.797. The molecule has 1 fully saturated rings. The number of anilines is 1. The number of benzene rings is 2. The predicted molar refractivity (Wildman–Crippen MR) is 103 cm³/mol. The summed E-state index contributed by atoms with van der Waals surface area (Å²) >= 11 is 0. The molecule has 1 aliphatic heterocycles. The van der Waals surface area contributed by atoms with Gasteiger partial charge in [0.05, 0.1) is 12.2 Å². The minimum absolute atomic E-state index is 0.0565. The molecule has 1 unspecified atom stereocenters. The summed E-state index contributed by atoms with van der Waals surface area (Å²) in [7, 11) is 0. The zero-order valence-corrected chi connectivity index (χ0v) is 14.9. The van der Waals surface area contributed by atoms with Crippen LogP contribution in [-0.4, -0.2) is 41.7 Å². The van der Waals surface area contributed by atoms with E-state index in [0.29, 0.717) is 18.0 Å². The lowest BCUT2D eigenvalue weighted by Gasteiger charge is -2.34. The first-order valence-corrected chi connectivity index (χ1v) is 9.23. The maximum absolute atomic E-state index is 12.6. The van der Waals surface area contributed by atoms with Crippen LogP contribution in [-0.2, 0) is 4.79 Å². The zero-order valence-electron chi connectivity index (χ0n) is 14.9. The molecule has 1 aliphatic rings. The number of piperidine rings is 1. The van der Waals surface area contributed by atoms with E-state index in [4.69, 9.17) is 4.74 Å². The van der Waals surface area contributed by atoms with Crippen LogP contribution in [0.15, 0.2) is 54.6 Å². The van der Waals surface area contributed by atoms with E-state index in [1.807, 2.05) is 54.6 Å². The van der Waals surface area contributed by atoms with Gasteiger partial charge in [0.15, 0.2) is 5.75 Å². The van der Waals surface area contributed by atoms with Crippen LogP contribution >= 0.6 is 0 Å². The second kappa shape index (κ2) is 9.36. The van der Waals surface area contributed by atoms with Crippen molar-refractivity contribution in [3.63, 3.8) is 0 Å². The van der Waals surface area contributed by atoms with E-state index in [2.05, 4.69) is 10.2 Å². The van der Waals surface area contributed by atoms with Gasteiger partial charge < -0.3 is 15.2 Å². The van der Waals surface area contributed by atoms with Crippen molar-refractivity contribution in [1.29, 1.82) is 0 Å². The molecule has 2 N–H and O–H groups in total. The van der Waals surface area contributed by atoms with Crippen molar-refractivity contribution in [3.05, 3.63) is 54.6 Å². The number of carbonyl (C=O) groups excluding carboxylic acids is 1. The molecule has 0 spiro atoms. The molecule has 5 nitrogen and oxygen atoms in total. The monoisotopic (exact) mass is 354 g/mol. The molecule has 2 aromatic rings. The Hall–Kier alpha value is -2.37. The van der Waals surface area contributed by atoms with Gasteiger partial charge in [-0.2, -0.15) is 0 Å². The highest BCUT2D eigenvalue weighted by Crippen LogP contribution is 2.29. The van der Waals surface area contributed by atoms with Gasteiger partial charge in [-0.25, -0.2) is 0 Å². The van der Waals surface area contributed by atoms with E-state index in [1.165, 1.54) is 0 Å². The third kappa shape index (κ3) is 5.07. The third-order valence-corrected chi connectivity index (χ3v) is 4.69. The average molecular weight is 354 g/mol. The molecular weight excluding hydrogens is 328 g/mol. The normalized spacial score (nSPS) is 17.7. The summed E-state index contributed by atoms with van der Waals surface area (Å²) in [5.74, 6) is 1.30. The summed E-state index contributed by atoms with van der Waals surface area (Å²) in [6.45, 7) is 1.40. The van der Waals surface area contributed by atoms with Gasteiger partial charge >= 0.3 is 0 Å². The smallest absolute Gasteiger partial charge is 0.238 e. The molecular formula is C21H26N2O3. The van der Waals surface area contributed by atoms with Crippen molar-refractivity contribution in [2.24, 2.45) is 0 Å². The molecule has 1 saturated heterocycles. The van der Waals surface area contributed by atoms with Gasteiger partial charge in [-0.1, -0.05) is 36.8 Å². The number of nitrogens with one attached hydrogen (secondary N) is 1. The summed E-state index contributed by atoms with van der Waals surface area (Å²) in [6.07, 6.45) is 4.03. The van der Waals surface area contributed by atoms with Gasteiger partial charge in [0.2, 0.25) is 5.91 Å². The fourth-order valence-corrected chi connectivity index (χ4v) is 3.39. The first-order chi connectivity index (χ1) is 12.8. The van der Waals surface area contributed by atoms with Gasteiger partial charge in [-0.15, -0.1) is 0 Å². The highest BCUT2D eigenvalue weighted by atomic mass is 16.5. The fourth-order valence-electron chi connectivity index (χ4n) is 3.39.